The summed E-state index contributed by atoms with van der Waals surface area (Å²) in [4.78, 5) is 57.3. The Morgan fingerprint density at radius 2 is 1.93 bits per heavy atom. The Balaban J connectivity index is 1.62. The molecule has 0 aromatic carbocycles. The van der Waals surface area contributed by atoms with Crippen molar-refractivity contribution in [2.45, 2.75) is 12.5 Å². The molecule has 3 rings (SSSR count). The Kier molecular flexibility index (Phi) is 6.33. The lowest BCUT2D eigenvalue weighted by Crippen LogP contribution is -2.18. The fraction of sp³-hybridized carbons (Fsp3) is 0.444. The van der Waals surface area contributed by atoms with Crippen molar-refractivity contribution >= 4 is 40.6 Å². The number of phosphoric ester groups is 1. The second-order valence-electron chi connectivity index (χ2n) is 5.52. The maximum atomic E-state index is 11.8. The van der Waals surface area contributed by atoms with Crippen molar-refractivity contribution < 1.29 is 55.9 Å². The summed E-state index contributed by atoms with van der Waals surface area (Å²) in [6, 6.07) is 0. The van der Waals surface area contributed by atoms with E-state index >= 15 is 0 Å². The van der Waals surface area contributed by atoms with Gasteiger partial charge in [0.05, 0.1) is 12.9 Å². The molecule has 168 valence electrons. The maximum absolute atomic E-state index is 11.8. The van der Waals surface area contributed by atoms with Gasteiger partial charge in [-0.25, -0.2) is 18.7 Å². The molecule has 0 saturated carbocycles. The van der Waals surface area contributed by atoms with Crippen LogP contribution >= 0.6 is 23.5 Å². The topological polar surface area (TPSA) is 268 Å². The van der Waals surface area contributed by atoms with Crippen LogP contribution in [0.2, 0.25) is 0 Å². The fourth-order valence-electron chi connectivity index (χ4n) is 2.29. The highest BCUT2D eigenvalue weighted by Crippen LogP contribution is 2.66. The number of imidazole rings is 1. The minimum Gasteiger partial charge on any atom is -0.369 e. The molecular formula is C9H14N5O13P3. The van der Waals surface area contributed by atoms with Crippen LogP contribution in [-0.4, -0.2) is 58.6 Å². The van der Waals surface area contributed by atoms with Gasteiger partial charge in [-0.05, 0) is 0 Å². The monoisotopic (exact) mass is 493 g/mol. The second kappa shape index (κ2) is 8.20. The average molecular weight is 493 g/mol. The van der Waals surface area contributed by atoms with Gasteiger partial charge >= 0.3 is 23.5 Å². The van der Waals surface area contributed by atoms with Gasteiger partial charge in [-0.2, -0.15) is 13.6 Å². The van der Waals surface area contributed by atoms with Gasteiger partial charge in [-0.15, -0.1) is 0 Å². The van der Waals surface area contributed by atoms with Gasteiger partial charge in [0.25, 0.3) is 5.56 Å². The third-order valence-corrected chi connectivity index (χ3v) is 7.09. The van der Waals surface area contributed by atoms with E-state index in [1.807, 2.05) is 0 Å². The number of nitrogens with zero attached hydrogens (tertiary/aromatic N) is 3. The highest BCUT2D eigenvalue weighted by Gasteiger charge is 2.41. The smallest absolute Gasteiger partial charge is 0.369 e. The molecule has 3 heterocycles. The molecule has 0 spiro atoms. The zero-order valence-electron chi connectivity index (χ0n) is 14.4. The third-order valence-electron chi connectivity index (χ3n) is 3.28. The lowest BCUT2D eigenvalue weighted by molar-refractivity contribution is -0.0961. The number of aromatic nitrogens is 4. The number of nitrogens with one attached hydrogen (secondary N) is 1. The van der Waals surface area contributed by atoms with Crippen molar-refractivity contribution in [2.75, 3.05) is 18.9 Å². The Morgan fingerprint density at radius 1 is 1.23 bits per heavy atom. The molecule has 30 heavy (non-hydrogen) atoms. The summed E-state index contributed by atoms with van der Waals surface area (Å²) in [5.41, 5.74) is 4.96. The molecule has 1 aliphatic heterocycles. The van der Waals surface area contributed by atoms with E-state index in [0.29, 0.717) is 0 Å². The molecule has 21 heteroatoms. The number of nitrogens with two attached hydrogens (primary N) is 1. The van der Waals surface area contributed by atoms with Crippen molar-refractivity contribution in [1.29, 1.82) is 0 Å². The lowest BCUT2D eigenvalue weighted by atomic mass is 10.5. The Hall–Kier alpha value is -1.52. The minimum absolute atomic E-state index is 0.0236. The highest BCUT2D eigenvalue weighted by atomic mass is 31.3. The van der Waals surface area contributed by atoms with E-state index in [4.69, 9.17) is 29.9 Å². The Bertz CT molecular complexity index is 1140. The first-order chi connectivity index (χ1) is 13.7. The van der Waals surface area contributed by atoms with Crippen LogP contribution in [-0.2, 0) is 36.3 Å². The molecule has 0 radical (unpaired) electrons. The number of ether oxygens (including phenoxy) is 2. The Labute approximate surface area is 165 Å². The van der Waals surface area contributed by atoms with E-state index in [9.17, 15) is 23.4 Å². The summed E-state index contributed by atoms with van der Waals surface area (Å²) in [6.07, 6.45) is -0.944. The molecule has 1 fully saturated rings. The molecule has 0 aliphatic carbocycles. The van der Waals surface area contributed by atoms with Crippen LogP contribution in [0.3, 0.4) is 0 Å². The largest absolute Gasteiger partial charge is 0.490 e. The number of hydrogen-bond acceptors (Lipinski definition) is 12. The van der Waals surface area contributed by atoms with Gasteiger partial charge < -0.3 is 34.8 Å². The molecule has 7 N–H and O–H groups in total. The van der Waals surface area contributed by atoms with Crippen LogP contribution in [0.1, 0.15) is 6.23 Å². The number of anilines is 1. The minimum atomic E-state index is -5.63. The number of rotatable bonds is 8. The zero-order chi connectivity index (χ0) is 22.3. The Morgan fingerprint density at radius 3 is 2.60 bits per heavy atom. The molecule has 1 aliphatic rings. The molecule has 2 unspecified atom stereocenters. The summed E-state index contributed by atoms with van der Waals surface area (Å²) in [5.74, 6) is -0.169. The van der Waals surface area contributed by atoms with E-state index in [2.05, 4.69) is 28.1 Å². The summed E-state index contributed by atoms with van der Waals surface area (Å²) >= 11 is 0. The van der Waals surface area contributed by atoms with E-state index < -0.39 is 48.2 Å². The third kappa shape index (κ3) is 5.79. The lowest BCUT2D eigenvalue weighted by Gasteiger charge is -2.17. The molecule has 2 aromatic rings. The number of nitrogen functional groups attached to an aromatic ring is 1. The van der Waals surface area contributed by atoms with Gasteiger partial charge in [-0.1, -0.05) is 0 Å². The van der Waals surface area contributed by atoms with E-state index in [0.717, 1.165) is 0 Å². The number of H-pyrrole nitrogens is 1. The van der Waals surface area contributed by atoms with Crippen LogP contribution in [0.5, 0.6) is 0 Å². The van der Waals surface area contributed by atoms with Crippen molar-refractivity contribution in [1.82, 2.24) is 19.5 Å². The maximum Gasteiger partial charge on any atom is 0.490 e. The van der Waals surface area contributed by atoms with Gasteiger partial charge in [0, 0.05) is 0 Å². The van der Waals surface area contributed by atoms with Crippen molar-refractivity contribution in [3.05, 3.63) is 16.7 Å². The van der Waals surface area contributed by atoms with Gasteiger partial charge in [0.2, 0.25) is 5.95 Å². The SMILES string of the molecule is Nc1nc2c(ncn2[C@@H]2CO[C@H](COP(=O)(O)OP(=O)(O)OP(=O)(O)O)O2)c(=O)[nH]1. The summed E-state index contributed by atoms with van der Waals surface area (Å²) < 4.78 is 57.0. The summed E-state index contributed by atoms with van der Waals surface area (Å²) in [7, 11) is -16.5. The molecule has 1 saturated heterocycles. The molecular weight excluding hydrogens is 479 g/mol. The molecule has 0 amide bonds. The number of aromatic amines is 1. The van der Waals surface area contributed by atoms with E-state index in [1.165, 1.54) is 10.9 Å². The molecule has 18 nitrogen and oxygen atoms in total. The number of hydrogen-bond donors (Lipinski definition) is 6. The van der Waals surface area contributed by atoms with Crippen LogP contribution in [0, 0.1) is 0 Å². The van der Waals surface area contributed by atoms with E-state index in [1.54, 1.807) is 0 Å². The molecule has 2 aromatic heterocycles. The van der Waals surface area contributed by atoms with Gasteiger partial charge in [-0.3, -0.25) is 18.9 Å². The van der Waals surface area contributed by atoms with Crippen LogP contribution in [0.15, 0.2) is 11.1 Å². The van der Waals surface area contributed by atoms with Crippen LogP contribution in [0.4, 0.5) is 5.95 Å². The second-order valence-corrected chi connectivity index (χ2v) is 9.94. The van der Waals surface area contributed by atoms with Crippen molar-refractivity contribution in [3.63, 3.8) is 0 Å². The number of phosphoric acid groups is 3. The van der Waals surface area contributed by atoms with E-state index in [-0.39, 0.29) is 23.7 Å². The van der Waals surface area contributed by atoms with Crippen molar-refractivity contribution in [3.8, 4) is 0 Å². The van der Waals surface area contributed by atoms with Crippen LogP contribution in [0.25, 0.3) is 11.2 Å². The first-order valence-electron chi connectivity index (χ1n) is 7.52. The normalized spacial score (nSPS) is 24.0. The fourth-order valence-corrected chi connectivity index (χ4v) is 5.29. The first-order valence-corrected chi connectivity index (χ1v) is 12.0. The van der Waals surface area contributed by atoms with Crippen molar-refractivity contribution in [2.24, 2.45) is 0 Å². The highest BCUT2D eigenvalue weighted by molar-refractivity contribution is 7.66. The predicted octanol–water partition coefficient (Wildman–Crippen LogP) is -1.08. The number of fused-ring (bicyclic) bond motifs is 1. The quantitative estimate of drug-likeness (QED) is 0.239. The summed E-state index contributed by atoms with van der Waals surface area (Å²) in [6.45, 7) is -0.937. The van der Waals surface area contributed by atoms with Crippen LogP contribution < -0.4 is 11.3 Å². The standard InChI is InChI=1S/C9H14N5O13P3/c10-9-12-7-6(8(15)13-9)11-3-14(7)4-1-23-5(25-4)2-24-29(19,20)27-30(21,22)26-28(16,17)18/h3-5H,1-2H2,(H,19,20)(H,21,22)(H2,16,17,18)(H3,10,12,13,15)/t4-,5-/m0/s1. The molecule has 0 bridgehead atoms. The predicted molar refractivity (Wildman–Crippen MR) is 92.2 cm³/mol. The zero-order valence-corrected chi connectivity index (χ0v) is 17.1. The summed E-state index contributed by atoms with van der Waals surface area (Å²) in [5, 5.41) is 0. The first kappa shape index (κ1) is 23.1. The van der Waals surface area contributed by atoms with Gasteiger partial charge in [0.1, 0.15) is 6.61 Å². The van der Waals surface area contributed by atoms with Gasteiger partial charge in [0.15, 0.2) is 23.7 Å². The molecule has 4 atom stereocenters. The average Bonchev–Trinajstić information content (AvgIpc) is 3.15.